The quantitative estimate of drug-likeness (QED) is 0.565. The lowest BCUT2D eigenvalue weighted by atomic mass is 10.0. The molecule has 0 fully saturated rings. The third kappa shape index (κ3) is 4.15. The minimum Gasteiger partial charge on any atom is -0.330 e. The molecule has 2 N–H and O–H groups in total. The van der Waals surface area contributed by atoms with E-state index in [-0.39, 0.29) is 5.78 Å². The fourth-order valence-corrected chi connectivity index (χ4v) is 1.80. The molecule has 0 radical (unpaired) electrons. The molecule has 0 saturated heterocycles. The van der Waals surface area contributed by atoms with Gasteiger partial charge in [-0.1, -0.05) is 37.1 Å². The second-order valence-electron chi connectivity index (χ2n) is 4.19. The van der Waals surface area contributed by atoms with Gasteiger partial charge in [0.1, 0.15) is 0 Å². The Labute approximate surface area is 97.9 Å². The van der Waals surface area contributed by atoms with E-state index in [4.69, 9.17) is 5.73 Å². The maximum absolute atomic E-state index is 11.9. The van der Waals surface area contributed by atoms with Crippen molar-refractivity contribution in [1.82, 2.24) is 0 Å². The summed E-state index contributed by atoms with van der Waals surface area (Å²) in [5.41, 5.74) is 7.37. The van der Waals surface area contributed by atoms with Crippen molar-refractivity contribution in [3.63, 3.8) is 0 Å². The van der Waals surface area contributed by atoms with Gasteiger partial charge < -0.3 is 5.73 Å². The van der Waals surface area contributed by atoms with Crippen LogP contribution in [0.5, 0.6) is 0 Å². The third-order valence-corrected chi connectivity index (χ3v) is 2.80. The number of ketones is 1. The van der Waals surface area contributed by atoms with Crippen LogP contribution in [0.15, 0.2) is 24.3 Å². The maximum Gasteiger partial charge on any atom is 0.163 e. The van der Waals surface area contributed by atoms with Crippen molar-refractivity contribution < 1.29 is 4.79 Å². The number of aryl methyl sites for hydroxylation is 1. The van der Waals surface area contributed by atoms with Crippen LogP contribution < -0.4 is 5.73 Å². The van der Waals surface area contributed by atoms with Crippen LogP contribution in [0.4, 0.5) is 0 Å². The molecule has 1 rings (SSSR count). The number of benzene rings is 1. The predicted molar refractivity (Wildman–Crippen MR) is 67.6 cm³/mol. The molecule has 0 saturated carbocycles. The Morgan fingerprint density at radius 3 is 2.50 bits per heavy atom. The molecule has 0 spiro atoms. The second-order valence-corrected chi connectivity index (χ2v) is 4.19. The Bertz CT molecular complexity index is 333. The van der Waals surface area contributed by atoms with E-state index in [9.17, 15) is 4.79 Å². The Balaban J connectivity index is 2.33. The fourth-order valence-electron chi connectivity index (χ4n) is 1.80. The van der Waals surface area contributed by atoms with Crippen LogP contribution in [0.25, 0.3) is 0 Å². The summed E-state index contributed by atoms with van der Waals surface area (Å²) < 4.78 is 0. The normalized spacial score (nSPS) is 10.4. The van der Waals surface area contributed by atoms with Gasteiger partial charge in [-0.25, -0.2) is 0 Å². The van der Waals surface area contributed by atoms with Crippen molar-refractivity contribution in [1.29, 1.82) is 0 Å². The van der Waals surface area contributed by atoms with Gasteiger partial charge in [0.05, 0.1) is 0 Å². The number of unbranched alkanes of at least 4 members (excludes halogenated alkanes) is 3. The van der Waals surface area contributed by atoms with E-state index in [1.165, 1.54) is 0 Å². The first-order valence-corrected chi connectivity index (χ1v) is 6.04. The largest absolute Gasteiger partial charge is 0.330 e. The van der Waals surface area contributed by atoms with Gasteiger partial charge in [-0.2, -0.15) is 0 Å². The lowest BCUT2D eigenvalue weighted by Crippen LogP contribution is -2.02. The van der Waals surface area contributed by atoms with Crippen LogP contribution in [0.3, 0.4) is 0 Å². The van der Waals surface area contributed by atoms with Gasteiger partial charge in [0.25, 0.3) is 0 Å². The van der Waals surface area contributed by atoms with E-state index in [1.807, 2.05) is 31.2 Å². The van der Waals surface area contributed by atoms with Crippen LogP contribution in [0.2, 0.25) is 0 Å². The molecule has 0 aliphatic heterocycles. The smallest absolute Gasteiger partial charge is 0.163 e. The van der Waals surface area contributed by atoms with Gasteiger partial charge in [-0.15, -0.1) is 0 Å². The highest BCUT2D eigenvalue weighted by Crippen LogP contribution is 2.12. The number of hydrogen-bond donors (Lipinski definition) is 1. The summed E-state index contributed by atoms with van der Waals surface area (Å²) in [7, 11) is 0. The molecular weight excluding hydrogens is 198 g/mol. The monoisotopic (exact) mass is 219 g/mol. The highest BCUT2D eigenvalue weighted by atomic mass is 16.1. The molecule has 0 aromatic heterocycles. The molecule has 2 heteroatoms. The zero-order chi connectivity index (χ0) is 11.8. The Morgan fingerprint density at radius 2 is 1.81 bits per heavy atom. The van der Waals surface area contributed by atoms with Crippen molar-refractivity contribution in [3.05, 3.63) is 35.4 Å². The van der Waals surface area contributed by atoms with Crippen molar-refractivity contribution in [2.75, 3.05) is 6.54 Å². The van der Waals surface area contributed by atoms with E-state index in [1.54, 1.807) is 0 Å². The summed E-state index contributed by atoms with van der Waals surface area (Å²) in [5.74, 6) is 0.269. The molecule has 0 aliphatic rings. The highest BCUT2D eigenvalue weighted by molar-refractivity contribution is 5.97. The Hall–Kier alpha value is -1.15. The third-order valence-electron chi connectivity index (χ3n) is 2.80. The summed E-state index contributed by atoms with van der Waals surface area (Å²) in [6, 6.07) is 7.79. The lowest BCUT2D eigenvalue weighted by Gasteiger charge is -2.04. The van der Waals surface area contributed by atoms with E-state index in [0.29, 0.717) is 6.42 Å². The van der Waals surface area contributed by atoms with Crippen LogP contribution in [-0.4, -0.2) is 12.3 Å². The summed E-state index contributed by atoms with van der Waals surface area (Å²) in [4.78, 5) is 11.9. The summed E-state index contributed by atoms with van der Waals surface area (Å²) in [6.45, 7) is 2.74. The van der Waals surface area contributed by atoms with Crippen molar-refractivity contribution in [3.8, 4) is 0 Å². The number of nitrogens with two attached hydrogens (primary N) is 1. The minimum absolute atomic E-state index is 0.269. The lowest BCUT2D eigenvalue weighted by molar-refractivity contribution is 0.0978. The molecule has 0 heterocycles. The first kappa shape index (κ1) is 12.9. The molecule has 1 aromatic rings. The molecule has 0 bridgehead atoms. The van der Waals surface area contributed by atoms with Crippen LogP contribution in [0, 0.1) is 6.92 Å². The summed E-state index contributed by atoms with van der Waals surface area (Å²) in [6.07, 6.45) is 4.95. The second kappa shape index (κ2) is 7.18. The molecular formula is C14H21NO. The van der Waals surface area contributed by atoms with Crippen LogP contribution in [0.1, 0.15) is 48.0 Å². The van der Waals surface area contributed by atoms with Crippen LogP contribution >= 0.6 is 0 Å². The number of carbonyl (C=O) groups excluding carboxylic acids is 1. The summed E-state index contributed by atoms with van der Waals surface area (Å²) in [5, 5.41) is 0. The number of Topliss-reactive ketones (excluding diaryl/α,β-unsaturated/α-hetero) is 1. The Morgan fingerprint density at radius 1 is 1.12 bits per heavy atom. The first-order chi connectivity index (χ1) is 7.75. The standard InChI is InChI=1S/C14H21NO/c1-12-8-5-6-9-13(12)14(16)10-4-2-3-7-11-15/h5-6,8-9H,2-4,7,10-11,15H2,1H3. The molecule has 0 aliphatic carbocycles. The van der Waals surface area contributed by atoms with Crippen molar-refractivity contribution in [2.45, 2.75) is 39.0 Å². The number of rotatable bonds is 7. The number of carbonyl (C=O) groups is 1. The van der Waals surface area contributed by atoms with Gasteiger partial charge in [-0.05, 0) is 31.9 Å². The molecule has 1 aromatic carbocycles. The fraction of sp³-hybridized carbons (Fsp3) is 0.500. The summed E-state index contributed by atoms with van der Waals surface area (Å²) >= 11 is 0. The van der Waals surface area contributed by atoms with E-state index >= 15 is 0 Å². The molecule has 16 heavy (non-hydrogen) atoms. The van der Waals surface area contributed by atoms with Gasteiger partial charge in [0.15, 0.2) is 5.78 Å². The van der Waals surface area contributed by atoms with Gasteiger partial charge in [-0.3, -0.25) is 4.79 Å². The molecule has 2 nitrogen and oxygen atoms in total. The van der Waals surface area contributed by atoms with E-state index in [0.717, 1.165) is 43.4 Å². The van der Waals surface area contributed by atoms with Crippen molar-refractivity contribution in [2.24, 2.45) is 5.73 Å². The number of hydrogen-bond acceptors (Lipinski definition) is 2. The molecule has 88 valence electrons. The highest BCUT2D eigenvalue weighted by Gasteiger charge is 2.07. The van der Waals surface area contributed by atoms with E-state index < -0.39 is 0 Å². The van der Waals surface area contributed by atoms with Gasteiger partial charge >= 0.3 is 0 Å². The zero-order valence-corrected chi connectivity index (χ0v) is 10.0. The average Bonchev–Trinajstić information content (AvgIpc) is 2.29. The first-order valence-electron chi connectivity index (χ1n) is 6.04. The van der Waals surface area contributed by atoms with Gasteiger partial charge in [0, 0.05) is 12.0 Å². The topological polar surface area (TPSA) is 43.1 Å². The molecule has 0 amide bonds. The SMILES string of the molecule is Cc1ccccc1C(=O)CCCCCCN. The van der Waals surface area contributed by atoms with Crippen molar-refractivity contribution >= 4 is 5.78 Å². The minimum atomic E-state index is 0.269. The van der Waals surface area contributed by atoms with Crippen LogP contribution in [-0.2, 0) is 0 Å². The molecule has 0 unspecified atom stereocenters. The predicted octanol–water partition coefficient (Wildman–Crippen LogP) is 3.09. The average molecular weight is 219 g/mol. The molecule has 0 atom stereocenters. The Kier molecular flexibility index (Phi) is 5.79. The maximum atomic E-state index is 11.9. The zero-order valence-electron chi connectivity index (χ0n) is 10.0. The van der Waals surface area contributed by atoms with Gasteiger partial charge in [0.2, 0.25) is 0 Å². The van der Waals surface area contributed by atoms with E-state index in [2.05, 4.69) is 0 Å².